The molecule has 1 aliphatic carbocycles. The third kappa shape index (κ3) is 4.30. The highest BCUT2D eigenvalue weighted by Gasteiger charge is 2.57. The van der Waals surface area contributed by atoms with Crippen molar-refractivity contribution in [2.24, 2.45) is 16.8 Å². The summed E-state index contributed by atoms with van der Waals surface area (Å²) in [6.07, 6.45) is 2.59. The molecule has 1 aliphatic heterocycles. The van der Waals surface area contributed by atoms with Gasteiger partial charge in [0.2, 0.25) is 15.9 Å². The van der Waals surface area contributed by atoms with Crippen molar-refractivity contribution in [1.29, 1.82) is 0 Å². The molecule has 4 N–H and O–H groups in total. The van der Waals surface area contributed by atoms with E-state index in [4.69, 9.17) is 22.5 Å². The second-order valence-corrected chi connectivity index (χ2v) is 10.8. The summed E-state index contributed by atoms with van der Waals surface area (Å²) >= 11 is 5.75. The molecule has 0 bridgehead atoms. The minimum absolute atomic E-state index is 0.00337. The third-order valence-corrected chi connectivity index (χ3v) is 7.94. The van der Waals surface area contributed by atoms with Crippen LogP contribution in [0.3, 0.4) is 0 Å². The number of halogens is 3. The maximum absolute atomic E-state index is 15.1. The number of amides is 2. The van der Waals surface area contributed by atoms with Crippen molar-refractivity contribution in [2.75, 3.05) is 6.54 Å². The molecule has 0 spiro atoms. The lowest BCUT2D eigenvalue weighted by molar-refractivity contribution is -0.133. The number of carbonyl (C=O) groups is 2. The Balaban J connectivity index is 1.87. The van der Waals surface area contributed by atoms with E-state index in [9.17, 15) is 22.4 Å². The number of rotatable bonds is 6. The molecular weight excluding hydrogens is 488 g/mol. The lowest BCUT2D eigenvalue weighted by atomic mass is 9.69. The first-order valence-corrected chi connectivity index (χ1v) is 12.8. The Labute approximate surface area is 201 Å². The molecule has 2 atom stereocenters. The number of likely N-dealkylation sites (tertiary alicyclic amines) is 1. The number of benzene rings is 2. The number of primary amides is 1. The first-order valence-electron chi connectivity index (χ1n) is 10.9. The molecule has 4 rings (SSSR count). The van der Waals surface area contributed by atoms with Crippen LogP contribution in [-0.2, 0) is 14.8 Å². The SMILES string of the molecule is NC(=O)C1([C@@H](c2cc(F)c(Cl)cc2F)C2CC2)CCCCN1C(=O)c1cccc(S(N)(=O)=O)c1. The standard InChI is InChI=1S/C23H24ClF2N3O4S/c24-17-12-18(25)16(11-19(17)26)20(13-6-7-13)23(22(27)31)8-1-2-9-29(23)21(30)14-4-3-5-15(10-14)34(28,32)33/h3-5,10-13,20H,1-2,6-9H2,(H2,27,31)(H2,28,32,33)/t20-,23?/m1/s1. The predicted octanol–water partition coefficient (Wildman–Crippen LogP) is 3.31. The largest absolute Gasteiger partial charge is 0.368 e. The van der Waals surface area contributed by atoms with Gasteiger partial charge in [0.05, 0.1) is 9.92 Å². The van der Waals surface area contributed by atoms with E-state index in [1.807, 2.05) is 0 Å². The molecule has 0 radical (unpaired) electrons. The number of hydrogen-bond donors (Lipinski definition) is 2. The Bertz CT molecular complexity index is 1270. The lowest BCUT2D eigenvalue weighted by Crippen LogP contribution is -2.65. The molecule has 2 fully saturated rings. The van der Waals surface area contributed by atoms with E-state index < -0.39 is 44.9 Å². The molecule has 2 aromatic carbocycles. The fourth-order valence-corrected chi connectivity index (χ4v) is 5.79. The van der Waals surface area contributed by atoms with Gasteiger partial charge in [0.25, 0.3) is 5.91 Å². The maximum Gasteiger partial charge on any atom is 0.254 e. The number of primary sulfonamides is 1. The van der Waals surface area contributed by atoms with Gasteiger partial charge in [0.15, 0.2) is 0 Å². The van der Waals surface area contributed by atoms with Gasteiger partial charge in [0, 0.05) is 18.0 Å². The molecular formula is C23H24ClF2N3O4S. The van der Waals surface area contributed by atoms with Crippen LogP contribution in [0.1, 0.15) is 53.9 Å². The number of nitrogens with two attached hydrogens (primary N) is 2. The van der Waals surface area contributed by atoms with Crippen LogP contribution in [0.15, 0.2) is 41.3 Å². The molecule has 34 heavy (non-hydrogen) atoms. The minimum Gasteiger partial charge on any atom is -0.368 e. The topological polar surface area (TPSA) is 124 Å². The number of carbonyl (C=O) groups excluding carboxylic acids is 2. The summed E-state index contributed by atoms with van der Waals surface area (Å²) in [5, 5.41) is 4.82. The molecule has 2 aliphatic rings. The van der Waals surface area contributed by atoms with E-state index in [1.54, 1.807) is 0 Å². The minimum atomic E-state index is -4.08. The van der Waals surface area contributed by atoms with Crippen molar-refractivity contribution in [1.82, 2.24) is 4.90 Å². The van der Waals surface area contributed by atoms with Crippen molar-refractivity contribution in [3.8, 4) is 0 Å². The van der Waals surface area contributed by atoms with Crippen LogP contribution in [0.25, 0.3) is 0 Å². The highest BCUT2D eigenvalue weighted by atomic mass is 35.5. The Hall–Kier alpha value is -2.56. The molecule has 0 aromatic heterocycles. The zero-order valence-corrected chi connectivity index (χ0v) is 19.7. The van der Waals surface area contributed by atoms with Crippen molar-refractivity contribution in [3.05, 3.63) is 64.2 Å². The average Bonchev–Trinajstić information content (AvgIpc) is 3.61. The lowest BCUT2D eigenvalue weighted by Gasteiger charge is -2.50. The summed E-state index contributed by atoms with van der Waals surface area (Å²) in [5.41, 5.74) is 4.25. The fourth-order valence-electron chi connectivity index (χ4n) is 5.08. The van der Waals surface area contributed by atoms with Crippen LogP contribution in [0.4, 0.5) is 8.78 Å². The van der Waals surface area contributed by atoms with Gasteiger partial charge < -0.3 is 10.6 Å². The van der Waals surface area contributed by atoms with E-state index in [0.29, 0.717) is 25.7 Å². The van der Waals surface area contributed by atoms with Gasteiger partial charge in [-0.15, -0.1) is 0 Å². The summed E-state index contributed by atoms with van der Waals surface area (Å²) in [6.45, 7) is 0.141. The summed E-state index contributed by atoms with van der Waals surface area (Å²) in [5.74, 6) is -4.15. The first kappa shape index (κ1) is 24.6. The van der Waals surface area contributed by atoms with E-state index >= 15 is 4.39 Å². The van der Waals surface area contributed by atoms with E-state index in [0.717, 1.165) is 18.2 Å². The van der Waals surface area contributed by atoms with Gasteiger partial charge in [0.1, 0.15) is 17.2 Å². The van der Waals surface area contributed by atoms with E-state index in [-0.39, 0.29) is 39.9 Å². The Kier molecular flexibility index (Phi) is 6.43. The number of sulfonamides is 1. The van der Waals surface area contributed by atoms with Crippen molar-refractivity contribution in [2.45, 2.75) is 48.5 Å². The van der Waals surface area contributed by atoms with Gasteiger partial charge in [-0.2, -0.15) is 0 Å². The van der Waals surface area contributed by atoms with Gasteiger partial charge >= 0.3 is 0 Å². The zero-order chi connectivity index (χ0) is 24.8. The zero-order valence-electron chi connectivity index (χ0n) is 18.1. The van der Waals surface area contributed by atoms with Gasteiger partial charge in [-0.25, -0.2) is 22.3 Å². The molecule has 1 heterocycles. The number of hydrogen-bond acceptors (Lipinski definition) is 4. The molecule has 2 aromatic rings. The van der Waals surface area contributed by atoms with Crippen LogP contribution in [0, 0.1) is 17.6 Å². The highest BCUT2D eigenvalue weighted by Crippen LogP contribution is 2.54. The van der Waals surface area contributed by atoms with Gasteiger partial charge in [-0.05, 0) is 73.9 Å². The Morgan fingerprint density at radius 1 is 1.12 bits per heavy atom. The Morgan fingerprint density at radius 2 is 1.82 bits per heavy atom. The molecule has 1 saturated carbocycles. The van der Waals surface area contributed by atoms with E-state index in [2.05, 4.69) is 0 Å². The summed E-state index contributed by atoms with van der Waals surface area (Å²) < 4.78 is 53.1. The van der Waals surface area contributed by atoms with Crippen LogP contribution < -0.4 is 10.9 Å². The van der Waals surface area contributed by atoms with Crippen molar-refractivity contribution in [3.63, 3.8) is 0 Å². The fraction of sp³-hybridized carbons (Fsp3) is 0.391. The predicted molar refractivity (Wildman–Crippen MR) is 121 cm³/mol. The molecule has 1 unspecified atom stereocenters. The van der Waals surface area contributed by atoms with E-state index in [1.165, 1.54) is 23.1 Å². The maximum atomic E-state index is 15.1. The van der Waals surface area contributed by atoms with Gasteiger partial charge in [-0.3, -0.25) is 9.59 Å². The van der Waals surface area contributed by atoms with Crippen molar-refractivity contribution < 1.29 is 26.8 Å². The molecule has 182 valence electrons. The molecule has 1 saturated heterocycles. The first-order chi connectivity index (χ1) is 16.0. The summed E-state index contributed by atoms with van der Waals surface area (Å²) in [4.78, 5) is 27.8. The van der Waals surface area contributed by atoms with Crippen LogP contribution in [0.2, 0.25) is 5.02 Å². The summed E-state index contributed by atoms with van der Waals surface area (Å²) in [6, 6.07) is 7.00. The molecule has 2 amide bonds. The van der Waals surface area contributed by atoms with Crippen LogP contribution in [-0.4, -0.2) is 37.2 Å². The van der Waals surface area contributed by atoms with Crippen LogP contribution >= 0.6 is 11.6 Å². The quantitative estimate of drug-likeness (QED) is 0.577. The second-order valence-electron chi connectivity index (χ2n) is 8.88. The summed E-state index contributed by atoms with van der Waals surface area (Å²) in [7, 11) is -4.08. The van der Waals surface area contributed by atoms with Crippen molar-refractivity contribution >= 4 is 33.4 Å². The third-order valence-electron chi connectivity index (χ3n) is 6.74. The average molecular weight is 512 g/mol. The normalized spacial score (nSPS) is 21.8. The molecule has 7 nitrogen and oxygen atoms in total. The smallest absolute Gasteiger partial charge is 0.254 e. The van der Waals surface area contributed by atoms with Crippen LogP contribution in [0.5, 0.6) is 0 Å². The number of nitrogens with zero attached hydrogens (tertiary/aromatic N) is 1. The molecule has 11 heteroatoms. The number of piperidine rings is 1. The second kappa shape index (κ2) is 8.90. The Morgan fingerprint density at radius 3 is 2.44 bits per heavy atom. The van der Waals surface area contributed by atoms with Gasteiger partial charge in [-0.1, -0.05) is 17.7 Å². The highest BCUT2D eigenvalue weighted by molar-refractivity contribution is 7.89. The monoisotopic (exact) mass is 511 g/mol.